The Balaban J connectivity index is 1.46. The van der Waals surface area contributed by atoms with Crippen molar-refractivity contribution in [3.63, 3.8) is 0 Å². The monoisotopic (exact) mass is 414 g/mol. The fourth-order valence-corrected chi connectivity index (χ4v) is 3.34. The van der Waals surface area contributed by atoms with Gasteiger partial charge in [-0.25, -0.2) is 8.42 Å². The Bertz CT molecular complexity index is 1090. The van der Waals surface area contributed by atoms with Crippen LogP contribution >= 0.6 is 0 Å². The summed E-state index contributed by atoms with van der Waals surface area (Å²) in [6, 6.07) is 13.6. The van der Waals surface area contributed by atoms with Gasteiger partial charge in [-0.3, -0.25) is 4.79 Å². The van der Waals surface area contributed by atoms with Gasteiger partial charge in [0, 0.05) is 31.0 Å². The topological polar surface area (TPSA) is 103 Å². The van der Waals surface area contributed by atoms with E-state index in [9.17, 15) is 13.2 Å². The zero-order valence-corrected chi connectivity index (χ0v) is 17.0. The molecule has 3 rings (SSSR count). The molecule has 0 fully saturated rings. The van der Waals surface area contributed by atoms with Crippen molar-refractivity contribution in [2.75, 3.05) is 18.2 Å². The van der Waals surface area contributed by atoms with Gasteiger partial charge in [-0.1, -0.05) is 12.1 Å². The Morgan fingerprint density at radius 2 is 1.93 bits per heavy atom. The number of aryl methyl sites for hydroxylation is 1. The van der Waals surface area contributed by atoms with Crippen LogP contribution in [0.4, 0.5) is 5.69 Å². The van der Waals surface area contributed by atoms with Gasteiger partial charge in [0.05, 0.1) is 11.5 Å². The number of benzene rings is 2. The molecule has 0 spiro atoms. The number of hydrogen-bond acceptors (Lipinski definition) is 6. The first-order chi connectivity index (χ1) is 13.8. The van der Waals surface area contributed by atoms with Gasteiger partial charge in [0.2, 0.25) is 5.91 Å². The van der Waals surface area contributed by atoms with Crippen molar-refractivity contribution >= 4 is 21.4 Å². The number of nitrogens with zero attached hydrogens (tertiary/aromatic N) is 3. The molecule has 0 atom stereocenters. The fraction of sp³-hybridized carbons (Fsp3) is 0.250. The van der Waals surface area contributed by atoms with E-state index in [0.29, 0.717) is 30.9 Å². The van der Waals surface area contributed by atoms with Gasteiger partial charge in [-0.05, 0) is 42.8 Å². The lowest BCUT2D eigenvalue weighted by Gasteiger charge is -2.09. The molecule has 2 aromatic carbocycles. The molecule has 0 aliphatic rings. The van der Waals surface area contributed by atoms with E-state index in [1.54, 1.807) is 23.0 Å². The van der Waals surface area contributed by atoms with Gasteiger partial charge in [0.1, 0.15) is 12.1 Å². The molecular formula is C20H22N4O4S. The van der Waals surface area contributed by atoms with Crippen LogP contribution in [0.15, 0.2) is 59.8 Å². The van der Waals surface area contributed by atoms with Crippen LogP contribution in [-0.4, -0.2) is 42.0 Å². The Morgan fingerprint density at radius 3 is 2.59 bits per heavy atom. The number of sulfone groups is 1. The average molecular weight is 414 g/mol. The van der Waals surface area contributed by atoms with E-state index >= 15 is 0 Å². The summed E-state index contributed by atoms with van der Waals surface area (Å²) in [6.45, 7) is 0.352. The summed E-state index contributed by atoms with van der Waals surface area (Å²) in [6.07, 6.45) is 3.61. The van der Waals surface area contributed by atoms with E-state index in [1.165, 1.54) is 12.1 Å². The van der Waals surface area contributed by atoms with Gasteiger partial charge in [-0.2, -0.15) is 0 Å². The van der Waals surface area contributed by atoms with Crippen molar-refractivity contribution in [3.8, 4) is 17.1 Å². The molecule has 9 heteroatoms. The summed E-state index contributed by atoms with van der Waals surface area (Å²) in [5.74, 6) is 1.17. The molecule has 0 aliphatic carbocycles. The minimum Gasteiger partial charge on any atom is -0.494 e. The number of aromatic nitrogens is 3. The van der Waals surface area contributed by atoms with Crippen LogP contribution in [0, 0.1) is 0 Å². The third-order valence-corrected chi connectivity index (χ3v) is 5.31. The van der Waals surface area contributed by atoms with Crippen LogP contribution < -0.4 is 10.1 Å². The van der Waals surface area contributed by atoms with E-state index in [0.717, 1.165) is 17.6 Å². The number of carbonyl (C=O) groups is 1. The predicted octanol–water partition coefficient (Wildman–Crippen LogP) is 2.68. The molecule has 1 amide bonds. The molecule has 0 bridgehead atoms. The van der Waals surface area contributed by atoms with Crippen LogP contribution in [0.25, 0.3) is 11.4 Å². The molecule has 0 radical (unpaired) electrons. The van der Waals surface area contributed by atoms with Crippen molar-refractivity contribution in [2.24, 2.45) is 7.05 Å². The Hall–Kier alpha value is -3.20. The number of hydrogen-bond donors (Lipinski definition) is 1. The fourth-order valence-electron chi connectivity index (χ4n) is 2.71. The number of amides is 1. The zero-order chi connectivity index (χ0) is 20.9. The molecule has 1 N–H and O–H groups in total. The maximum atomic E-state index is 12.2. The van der Waals surface area contributed by atoms with E-state index in [1.807, 2.05) is 31.3 Å². The summed E-state index contributed by atoms with van der Waals surface area (Å²) in [7, 11) is -1.37. The maximum absolute atomic E-state index is 12.2. The number of carbonyl (C=O) groups excluding carboxylic acids is 1. The Morgan fingerprint density at radius 1 is 1.17 bits per heavy atom. The molecule has 8 nitrogen and oxygen atoms in total. The van der Waals surface area contributed by atoms with Crippen molar-refractivity contribution in [1.29, 1.82) is 0 Å². The highest BCUT2D eigenvalue weighted by atomic mass is 32.2. The number of nitrogens with one attached hydrogen (secondary N) is 1. The molecule has 3 aromatic rings. The largest absolute Gasteiger partial charge is 0.494 e. The van der Waals surface area contributed by atoms with Crippen LogP contribution in [0.5, 0.6) is 5.75 Å². The first-order valence-corrected chi connectivity index (χ1v) is 10.9. The minimum absolute atomic E-state index is 0.115. The summed E-state index contributed by atoms with van der Waals surface area (Å²) < 4.78 is 30.3. The lowest BCUT2D eigenvalue weighted by Crippen LogP contribution is -2.13. The molecule has 1 heterocycles. The summed E-state index contributed by atoms with van der Waals surface area (Å²) in [5.41, 5.74) is 1.55. The lowest BCUT2D eigenvalue weighted by atomic mass is 10.2. The van der Waals surface area contributed by atoms with Crippen LogP contribution in [0.2, 0.25) is 0 Å². The van der Waals surface area contributed by atoms with Gasteiger partial charge in [0.25, 0.3) is 0 Å². The number of anilines is 1. The second-order valence-corrected chi connectivity index (χ2v) is 8.61. The molecule has 0 unspecified atom stereocenters. The van der Waals surface area contributed by atoms with Crippen LogP contribution in [0.1, 0.15) is 12.8 Å². The third-order valence-electron chi connectivity index (χ3n) is 4.18. The second-order valence-electron chi connectivity index (χ2n) is 6.59. The molecule has 0 aliphatic heterocycles. The quantitative estimate of drug-likeness (QED) is 0.569. The summed E-state index contributed by atoms with van der Waals surface area (Å²) in [5, 5.41) is 10.8. The number of ether oxygens (including phenoxy) is 1. The molecule has 152 valence electrons. The summed E-state index contributed by atoms with van der Waals surface area (Å²) >= 11 is 0. The van der Waals surface area contributed by atoms with Crippen molar-refractivity contribution < 1.29 is 17.9 Å². The maximum Gasteiger partial charge on any atom is 0.224 e. The van der Waals surface area contributed by atoms with Gasteiger partial charge < -0.3 is 14.6 Å². The molecular weight excluding hydrogens is 392 g/mol. The molecule has 0 saturated heterocycles. The van der Waals surface area contributed by atoms with Gasteiger partial charge in [-0.15, -0.1) is 10.2 Å². The van der Waals surface area contributed by atoms with E-state index in [4.69, 9.17) is 4.74 Å². The number of rotatable bonds is 8. The highest BCUT2D eigenvalue weighted by molar-refractivity contribution is 7.90. The molecule has 0 saturated carbocycles. The first kappa shape index (κ1) is 20.5. The van der Waals surface area contributed by atoms with Gasteiger partial charge in [0.15, 0.2) is 15.7 Å². The molecule has 1 aromatic heterocycles. The van der Waals surface area contributed by atoms with E-state index in [-0.39, 0.29) is 10.8 Å². The third kappa shape index (κ3) is 5.64. The zero-order valence-electron chi connectivity index (χ0n) is 16.2. The van der Waals surface area contributed by atoms with E-state index < -0.39 is 9.84 Å². The summed E-state index contributed by atoms with van der Waals surface area (Å²) in [4.78, 5) is 12.4. The van der Waals surface area contributed by atoms with Crippen molar-refractivity contribution in [2.45, 2.75) is 17.7 Å². The standard InChI is InChI=1S/C20H22N4O4S/c1-24-14-21-23-20(24)15-5-3-6-16(13-15)22-19(25)7-4-12-28-17-8-10-18(11-9-17)29(2,26)27/h3,5-6,8-11,13-14H,4,7,12H2,1-2H3,(H,22,25). The smallest absolute Gasteiger partial charge is 0.224 e. The lowest BCUT2D eigenvalue weighted by molar-refractivity contribution is -0.116. The first-order valence-electron chi connectivity index (χ1n) is 9.00. The van der Waals surface area contributed by atoms with Crippen molar-refractivity contribution in [3.05, 3.63) is 54.9 Å². The Labute approximate surface area is 169 Å². The normalized spacial score (nSPS) is 11.2. The minimum atomic E-state index is -3.22. The second kappa shape index (κ2) is 8.87. The van der Waals surface area contributed by atoms with E-state index in [2.05, 4.69) is 15.5 Å². The van der Waals surface area contributed by atoms with Gasteiger partial charge >= 0.3 is 0 Å². The van der Waals surface area contributed by atoms with Crippen molar-refractivity contribution in [1.82, 2.24) is 14.8 Å². The Kier molecular flexibility index (Phi) is 6.28. The highest BCUT2D eigenvalue weighted by Gasteiger charge is 2.08. The highest BCUT2D eigenvalue weighted by Crippen LogP contribution is 2.20. The van der Waals surface area contributed by atoms with Crippen LogP contribution in [-0.2, 0) is 21.7 Å². The SMILES string of the molecule is Cn1cnnc1-c1cccc(NC(=O)CCCOc2ccc(S(C)(=O)=O)cc2)c1. The average Bonchev–Trinajstić information content (AvgIpc) is 3.11. The molecule has 29 heavy (non-hydrogen) atoms. The van der Waals surface area contributed by atoms with Crippen LogP contribution in [0.3, 0.4) is 0 Å². The predicted molar refractivity (Wildman–Crippen MR) is 109 cm³/mol.